The quantitative estimate of drug-likeness (QED) is 0.440. The van der Waals surface area contributed by atoms with Crippen molar-refractivity contribution in [2.24, 2.45) is 5.92 Å². The van der Waals surface area contributed by atoms with Crippen LogP contribution in [0.1, 0.15) is 26.2 Å². The van der Waals surface area contributed by atoms with E-state index in [-0.39, 0.29) is 11.5 Å². The molecule has 0 radical (unpaired) electrons. The van der Waals surface area contributed by atoms with Gasteiger partial charge in [0.15, 0.2) is 10.8 Å². The van der Waals surface area contributed by atoms with Crippen LogP contribution in [0.2, 0.25) is 0 Å². The molecule has 1 aliphatic carbocycles. The monoisotopic (exact) mass is 347 g/mol. The summed E-state index contributed by atoms with van der Waals surface area (Å²) >= 11 is 0.876. The van der Waals surface area contributed by atoms with Crippen molar-refractivity contribution in [1.82, 2.24) is 0 Å². The van der Waals surface area contributed by atoms with E-state index in [0.29, 0.717) is 12.8 Å². The average molecular weight is 347 g/mol. The van der Waals surface area contributed by atoms with Crippen LogP contribution in [0.4, 0.5) is 0 Å². The minimum atomic E-state index is -5.00. The molecule has 5 N–H and O–H groups in total. The molecule has 0 aromatic heterocycles. The average Bonchev–Trinajstić information content (AvgIpc) is 2.61. The van der Waals surface area contributed by atoms with Crippen LogP contribution < -0.4 is 0 Å². The molecule has 8 nitrogen and oxygen atoms in total. The number of hydrogen-bond donors (Lipinski definition) is 5. The van der Waals surface area contributed by atoms with Crippen LogP contribution in [0, 0.1) is 5.92 Å². The van der Waals surface area contributed by atoms with E-state index in [1.807, 2.05) is 0 Å². The molecule has 0 saturated heterocycles. The molecule has 0 spiro atoms. The minimum Gasteiger partial charge on any atom is -0.324 e. The summed E-state index contributed by atoms with van der Waals surface area (Å²) in [4.78, 5) is 68.5. The first-order chi connectivity index (χ1) is 8.94. The van der Waals surface area contributed by atoms with Crippen LogP contribution in [0.25, 0.3) is 0 Å². The highest BCUT2D eigenvalue weighted by atomic mass is 32.2. The number of carbonyl (C=O) groups is 2. The first kappa shape index (κ1) is 18.2. The number of hydrogen-bond acceptors (Lipinski definition) is 7. The van der Waals surface area contributed by atoms with Gasteiger partial charge in [0.25, 0.3) is 0 Å². The van der Waals surface area contributed by atoms with Crippen molar-refractivity contribution in [3.05, 3.63) is 0 Å². The van der Waals surface area contributed by atoms with Gasteiger partial charge in [0.1, 0.15) is 0 Å². The van der Waals surface area contributed by atoms with Crippen LogP contribution in [0.15, 0.2) is 0 Å². The van der Waals surface area contributed by atoms with Gasteiger partial charge in [-0.05, 0) is 18.8 Å². The molecule has 11 heteroatoms. The van der Waals surface area contributed by atoms with Crippen molar-refractivity contribution in [3.8, 4) is 0 Å². The summed E-state index contributed by atoms with van der Waals surface area (Å²) in [5, 5.41) is -0.738. The third-order valence-electron chi connectivity index (χ3n) is 3.14. The predicted molar refractivity (Wildman–Crippen MR) is 73.8 cm³/mol. The van der Waals surface area contributed by atoms with Crippen LogP contribution in [0.3, 0.4) is 0 Å². The number of rotatable bonds is 5. The first-order valence-corrected chi connectivity index (χ1v) is 9.99. The van der Waals surface area contributed by atoms with Crippen LogP contribution in [-0.4, -0.2) is 46.0 Å². The Hall–Kier alpha value is 0.150. The lowest BCUT2D eigenvalue weighted by Crippen LogP contribution is -2.34. The van der Waals surface area contributed by atoms with Crippen molar-refractivity contribution in [2.75, 3.05) is 0 Å². The van der Waals surface area contributed by atoms with E-state index in [2.05, 4.69) is 0 Å². The summed E-state index contributed by atoms with van der Waals surface area (Å²) in [7, 11) is -9.98. The highest BCUT2D eigenvalue weighted by Crippen LogP contribution is 2.59. The van der Waals surface area contributed by atoms with E-state index in [4.69, 9.17) is 14.7 Å². The summed E-state index contributed by atoms with van der Waals surface area (Å²) < 4.78 is 11.5. The molecule has 3 unspecified atom stereocenters. The van der Waals surface area contributed by atoms with Gasteiger partial charge in [-0.15, -0.1) is 0 Å². The zero-order chi connectivity index (χ0) is 15.7. The van der Waals surface area contributed by atoms with Gasteiger partial charge in [0, 0.05) is 12.2 Å². The predicted octanol–water partition coefficient (Wildman–Crippen LogP) is 0.247. The zero-order valence-corrected chi connectivity index (χ0v) is 13.2. The SMILES string of the molecule is CC(=O)SC1CCCC1C(C(=O)[P+](O)(O)O)P(=O)(O)O. The standard InChI is InChI=1S/C9H16O8P2S/c1-5(10)20-7-4-2-3-6(7)8(18(12,13)14)9(11)19(15,16)17/h6-8,15-17H,2-4H2,1H3,(H-,12,13,14)/p+1. The number of carbonyl (C=O) groups excluding carboxylic acids is 2. The van der Waals surface area contributed by atoms with Gasteiger partial charge in [-0.25, -0.2) is 4.79 Å². The van der Waals surface area contributed by atoms with Crippen LogP contribution in [-0.2, 0) is 14.2 Å². The number of thioether (sulfide) groups is 1. The van der Waals surface area contributed by atoms with Gasteiger partial charge in [-0.3, -0.25) is 9.36 Å². The smallest absolute Gasteiger partial charge is 0.324 e. The van der Waals surface area contributed by atoms with E-state index in [1.54, 1.807) is 0 Å². The third-order valence-corrected chi connectivity index (χ3v) is 6.77. The van der Waals surface area contributed by atoms with E-state index in [0.717, 1.165) is 11.8 Å². The summed E-state index contributed by atoms with van der Waals surface area (Å²) in [5.41, 5.74) is -3.62. The molecule has 0 heterocycles. The lowest BCUT2D eigenvalue weighted by atomic mass is 10.0. The Labute approximate surface area is 120 Å². The molecule has 116 valence electrons. The molecule has 1 aliphatic rings. The second-order valence-electron chi connectivity index (χ2n) is 4.68. The fourth-order valence-electron chi connectivity index (χ4n) is 2.43. The Morgan fingerprint density at radius 2 is 1.80 bits per heavy atom. The maximum absolute atomic E-state index is 11.7. The van der Waals surface area contributed by atoms with E-state index < -0.39 is 37.9 Å². The molecule has 0 aromatic carbocycles. The van der Waals surface area contributed by atoms with Crippen molar-refractivity contribution in [3.63, 3.8) is 0 Å². The van der Waals surface area contributed by atoms with Gasteiger partial charge in [-0.1, -0.05) is 18.2 Å². The lowest BCUT2D eigenvalue weighted by molar-refractivity contribution is -0.115. The van der Waals surface area contributed by atoms with E-state index in [9.17, 15) is 23.9 Å². The molecule has 3 atom stereocenters. The molecule has 20 heavy (non-hydrogen) atoms. The minimum absolute atomic E-state index is 0.253. The maximum Gasteiger partial charge on any atom is 0.479 e. The Balaban J connectivity index is 3.09. The van der Waals surface area contributed by atoms with Crippen molar-refractivity contribution in [2.45, 2.75) is 37.1 Å². The third kappa shape index (κ3) is 4.58. The molecule has 1 saturated carbocycles. The molecule has 0 bridgehead atoms. The zero-order valence-electron chi connectivity index (χ0n) is 10.6. The van der Waals surface area contributed by atoms with Crippen molar-refractivity contribution >= 4 is 37.9 Å². The van der Waals surface area contributed by atoms with Crippen LogP contribution >= 0.6 is 27.3 Å². The maximum atomic E-state index is 11.7. The Bertz CT molecular complexity index is 442. The highest BCUT2D eigenvalue weighted by molar-refractivity contribution is 8.14. The first-order valence-electron chi connectivity index (χ1n) is 5.78. The fraction of sp³-hybridized carbons (Fsp3) is 0.778. The molecule has 1 fully saturated rings. The summed E-state index contributed by atoms with van der Waals surface area (Å²) in [6, 6.07) is 0. The molecular weight excluding hydrogens is 330 g/mol. The summed E-state index contributed by atoms with van der Waals surface area (Å²) in [6.07, 6.45) is 1.33. The summed E-state index contributed by atoms with van der Waals surface area (Å²) in [5.74, 6) is -0.872. The second kappa shape index (κ2) is 6.50. The largest absolute Gasteiger partial charge is 0.479 e. The Morgan fingerprint density at radius 1 is 1.25 bits per heavy atom. The van der Waals surface area contributed by atoms with Gasteiger partial charge in [0.05, 0.1) is 0 Å². The van der Waals surface area contributed by atoms with E-state index in [1.165, 1.54) is 6.92 Å². The molecule has 0 aliphatic heterocycles. The lowest BCUT2D eigenvalue weighted by Gasteiger charge is -2.26. The molecule has 0 amide bonds. The van der Waals surface area contributed by atoms with Gasteiger partial charge >= 0.3 is 21.1 Å². The van der Waals surface area contributed by atoms with E-state index >= 15 is 0 Å². The highest BCUT2D eigenvalue weighted by Gasteiger charge is 2.59. The normalized spacial score (nSPS) is 25.5. The molecule has 1 rings (SSSR count). The Morgan fingerprint density at radius 3 is 2.20 bits per heavy atom. The molecule has 0 aromatic rings. The van der Waals surface area contributed by atoms with Crippen LogP contribution in [0.5, 0.6) is 0 Å². The van der Waals surface area contributed by atoms with Gasteiger partial charge in [-0.2, -0.15) is 14.7 Å². The van der Waals surface area contributed by atoms with Crippen molar-refractivity contribution in [1.29, 1.82) is 0 Å². The second-order valence-corrected chi connectivity index (χ2v) is 9.41. The van der Waals surface area contributed by atoms with Gasteiger partial charge < -0.3 is 9.79 Å². The van der Waals surface area contributed by atoms with Crippen molar-refractivity contribution < 1.29 is 38.6 Å². The Kier molecular flexibility index (Phi) is 5.92. The van der Waals surface area contributed by atoms with Gasteiger partial charge in [0.2, 0.25) is 0 Å². The topological polar surface area (TPSA) is 152 Å². The molecular formula is C9H17O8P2S+. The fourth-order valence-corrected chi connectivity index (χ4v) is 6.33. The summed E-state index contributed by atoms with van der Waals surface area (Å²) in [6.45, 7) is 1.30.